The van der Waals surface area contributed by atoms with E-state index in [1.807, 2.05) is 0 Å². The fraction of sp³-hybridized carbons (Fsp3) is 0.167. The summed E-state index contributed by atoms with van der Waals surface area (Å²) in [6.07, 6.45) is 0.843. The van der Waals surface area contributed by atoms with Gasteiger partial charge in [-0.1, -0.05) is 0 Å². The molecule has 1 aliphatic heterocycles. The van der Waals surface area contributed by atoms with Crippen LogP contribution in [0.25, 0.3) is 0 Å². The summed E-state index contributed by atoms with van der Waals surface area (Å²) < 4.78 is 30.9. The lowest BCUT2D eigenvalue weighted by Crippen LogP contribution is -2.20. The highest BCUT2D eigenvalue weighted by atomic mass is 19.2. The summed E-state index contributed by atoms with van der Waals surface area (Å²) >= 11 is 0. The predicted molar refractivity (Wildman–Crippen MR) is 84.4 cm³/mol. The zero-order valence-corrected chi connectivity index (χ0v) is 13.0. The molecule has 0 unspecified atom stereocenters. The topological polar surface area (TPSA) is 72.5 Å². The monoisotopic (exact) mass is 345 g/mol. The maximum absolute atomic E-state index is 13.1. The Bertz CT molecular complexity index is 879. The Morgan fingerprint density at radius 1 is 1.00 bits per heavy atom. The number of ketones is 1. The van der Waals surface area contributed by atoms with E-state index in [0.29, 0.717) is 18.5 Å². The Balaban J connectivity index is 1.65. The smallest absolute Gasteiger partial charge is 0.338 e. The van der Waals surface area contributed by atoms with Gasteiger partial charge in [0, 0.05) is 17.7 Å². The number of Topliss-reactive ketones (excluding diaryl/α,β-unsaturated/α-hetero) is 1. The molecule has 0 radical (unpaired) electrons. The quantitative estimate of drug-likeness (QED) is 0.683. The predicted octanol–water partition coefficient (Wildman–Crippen LogP) is 2.89. The SMILES string of the molecule is O=C1CCc2cc(C(=O)OCC(=O)c3ccc(F)c(F)c3)ccc2N1. The van der Waals surface area contributed by atoms with Crippen LogP contribution in [-0.2, 0) is 16.0 Å². The lowest BCUT2D eigenvalue weighted by atomic mass is 10.0. The van der Waals surface area contributed by atoms with Crippen LogP contribution in [0.1, 0.15) is 32.7 Å². The second-order valence-corrected chi connectivity index (χ2v) is 5.55. The maximum atomic E-state index is 13.1. The van der Waals surface area contributed by atoms with Crippen molar-refractivity contribution in [2.24, 2.45) is 0 Å². The third kappa shape index (κ3) is 3.71. The summed E-state index contributed by atoms with van der Waals surface area (Å²) in [5.74, 6) is -3.64. The van der Waals surface area contributed by atoms with Crippen molar-refractivity contribution in [3.63, 3.8) is 0 Å². The second kappa shape index (κ2) is 6.80. The van der Waals surface area contributed by atoms with Gasteiger partial charge in [-0.25, -0.2) is 13.6 Å². The van der Waals surface area contributed by atoms with E-state index in [2.05, 4.69) is 5.32 Å². The fourth-order valence-corrected chi connectivity index (χ4v) is 2.48. The second-order valence-electron chi connectivity index (χ2n) is 5.55. The number of ether oxygens (including phenoxy) is 1. The Hall–Kier alpha value is -3.09. The molecule has 0 spiro atoms. The van der Waals surface area contributed by atoms with Crippen LogP contribution in [0, 0.1) is 11.6 Å². The lowest BCUT2D eigenvalue weighted by molar-refractivity contribution is -0.116. The van der Waals surface area contributed by atoms with Gasteiger partial charge in [0.2, 0.25) is 5.91 Å². The molecule has 3 rings (SSSR count). The average molecular weight is 345 g/mol. The van der Waals surface area contributed by atoms with E-state index >= 15 is 0 Å². The van der Waals surface area contributed by atoms with E-state index < -0.39 is 30.0 Å². The number of fused-ring (bicyclic) bond motifs is 1. The first-order chi connectivity index (χ1) is 11.9. The van der Waals surface area contributed by atoms with E-state index in [1.165, 1.54) is 6.07 Å². The number of carbonyl (C=O) groups excluding carboxylic acids is 3. The zero-order valence-electron chi connectivity index (χ0n) is 13.0. The van der Waals surface area contributed by atoms with Crippen molar-refractivity contribution in [1.29, 1.82) is 0 Å². The molecule has 1 heterocycles. The Labute approximate surface area is 141 Å². The van der Waals surface area contributed by atoms with Crippen molar-refractivity contribution in [2.75, 3.05) is 11.9 Å². The molecule has 0 saturated carbocycles. The number of anilines is 1. The summed E-state index contributed by atoms with van der Waals surface area (Å²) in [4.78, 5) is 35.3. The van der Waals surface area contributed by atoms with Crippen LogP contribution in [0.4, 0.5) is 14.5 Å². The lowest BCUT2D eigenvalue weighted by Gasteiger charge is -2.17. The van der Waals surface area contributed by atoms with Crippen LogP contribution < -0.4 is 5.32 Å². The molecular formula is C18H13F2NO4. The molecule has 0 aromatic heterocycles. The van der Waals surface area contributed by atoms with Gasteiger partial charge in [0.05, 0.1) is 5.56 Å². The summed E-state index contributed by atoms with van der Waals surface area (Å²) in [5, 5.41) is 2.70. The van der Waals surface area contributed by atoms with Crippen molar-refractivity contribution in [3.05, 3.63) is 64.7 Å². The number of esters is 1. The van der Waals surface area contributed by atoms with Gasteiger partial charge in [0.15, 0.2) is 24.0 Å². The van der Waals surface area contributed by atoms with E-state index in [4.69, 9.17) is 4.74 Å². The number of rotatable bonds is 4. The van der Waals surface area contributed by atoms with Crippen LogP contribution in [0.2, 0.25) is 0 Å². The van der Waals surface area contributed by atoms with Crippen LogP contribution in [-0.4, -0.2) is 24.3 Å². The first kappa shape index (κ1) is 16.8. The van der Waals surface area contributed by atoms with Crippen LogP contribution in [0.3, 0.4) is 0 Å². The fourth-order valence-electron chi connectivity index (χ4n) is 2.48. The van der Waals surface area contributed by atoms with E-state index in [1.54, 1.807) is 12.1 Å². The first-order valence-corrected chi connectivity index (χ1v) is 7.52. The van der Waals surface area contributed by atoms with Gasteiger partial charge < -0.3 is 10.1 Å². The molecular weight excluding hydrogens is 332 g/mol. The minimum Gasteiger partial charge on any atom is -0.454 e. The third-order valence-corrected chi connectivity index (χ3v) is 3.81. The largest absolute Gasteiger partial charge is 0.454 e. The number of nitrogens with one attached hydrogen (secondary N) is 1. The van der Waals surface area contributed by atoms with E-state index in [-0.39, 0.29) is 17.0 Å². The van der Waals surface area contributed by atoms with Gasteiger partial charge in [-0.15, -0.1) is 0 Å². The minimum absolute atomic E-state index is 0.0834. The van der Waals surface area contributed by atoms with Gasteiger partial charge in [-0.05, 0) is 48.4 Å². The molecule has 2 aromatic rings. The zero-order chi connectivity index (χ0) is 18.0. The molecule has 0 saturated heterocycles. The molecule has 0 fully saturated rings. The summed E-state index contributed by atoms with van der Waals surface area (Å²) in [5.41, 5.74) is 1.61. The van der Waals surface area contributed by atoms with E-state index in [9.17, 15) is 23.2 Å². The molecule has 0 bridgehead atoms. The van der Waals surface area contributed by atoms with Gasteiger partial charge in [-0.2, -0.15) is 0 Å². The summed E-state index contributed by atoms with van der Waals surface area (Å²) in [7, 11) is 0. The number of halogens is 2. The van der Waals surface area contributed by atoms with Crippen molar-refractivity contribution < 1.29 is 27.9 Å². The molecule has 1 aliphatic rings. The van der Waals surface area contributed by atoms with Crippen molar-refractivity contribution >= 4 is 23.3 Å². The number of carbonyl (C=O) groups is 3. The van der Waals surface area contributed by atoms with Crippen molar-refractivity contribution in [3.8, 4) is 0 Å². The molecule has 5 nitrogen and oxygen atoms in total. The highest BCUT2D eigenvalue weighted by molar-refractivity contribution is 6.00. The maximum Gasteiger partial charge on any atom is 0.338 e. The molecule has 0 atom stereocenters. The van der Waals surface area contributed by atoms with Gasteiger partial charge in [0.1, 0.15) is 0 Å². The molecule has 1 amide bonds. The number of aryl methyl sites for hydroxylation is 1. The minimum atomic E-state index is -1.14. The Morgan fingerprint density at radius 3 is 2.52 bits per heavy atom. The molecule has 7 heteroatoms. The average Bonchev–Trinajstić information content (AvgIpc) is 2.61. The van der Waals surface area contributed by atoms with Crippen molar-refractivity contribution in [2.45, 2.75) is 12.8 Å². The summed E-state index contributed by atoms with van der Waals surface area (Å²) in [6, 6.07) is 7.39. The number of amides is 1. The highest BCUT2D eigenvalue weighted by Crippen LogP contribution is 2.23. The molecule has 25 heavy (non-hydrogen) atoms. The normalized spacial score (nSPS) is 13.0. The van der Waals surface area contributed by atoms with E-state index in [0.717, 1.165) is 23.8 Å². The molecule has 128 valence electrons. The Morgan fingerprint density at radius 2 is 1.76 bits per heavy atom. The van der Waals surface area contributed by atoms with Gasteiger partial charge >= 0.3 is 5.97 Å². The van der Waals surface area contributed by atoms with Gasteiger partial charge in [0.25, 0.3) is 0 Å². The first-order valence-electron chi connectivity index (χ1n) is 7.52. The van der Waals surface area contributed by atoms with Crippen LogP contribution in [0.5, 0.6) is 0 Å². The molecule has 0 aliphatic carbocycles. The van der Waals surface area contributed by atoms with Crippen LogP contribution >= 0.6 is 0 Å². The molecule has 1 N–H and O–H groups in total. The number of hydrogen-bond acceptors (Lipinski definition) is 4. The Kier molecular flexibility index (Phi) is 4.56. The number of hydrogen-bond donors (Lipinski definition) is 1. The van der Waals surface area contributed by atoms with Crippen molar-refractivity contribution in [1.82, 2.24) is 0 Å². The highest BCUT2D eigenvalue weighted by Gasteiger charge is 2.18. The van der Waals surface area contributed by atoms with Gasteiger partial charge in [-0.3, -0.25) is 9.59 Å². The molecule has 2 aromatic carbocycles. The van der Waals surface area contributed by atoms with Crippen LogP contribution in [0.15, 0.2) is 36.4 Å². The summed E-state index contributed by atoms with van der Waals surface area (Å²) in [6.45, 7) is -0.586. The number of benzene rings is 2. The third-order valence-electron chi connectivity index (χ3n) is 3.81. The standard InChI is InChI=1S/C18H13F2NO4/c19-13-4-1-11(8-14(13)20)16(22)9-25-18(24)12-2-5-15-10(7-12)3-6-17(23)21-15/h1-2,4-5,7-8H,3,6,9H2,(H,21,23).